The number of ether oxygens (including phenoxy) is 4. The molecule has 1 fully saturated rings. The molecule has 0 radical (unpaired) electrons. The molecule has 0 N–H and O–H groups in total. The first-order valence-electron chi connectivity index (χ1n) is 17.0. The Kier molecular flexibility index (Phi) is 11.8. The van der Waals surface area contributed by atoms with Gasteiger partial charge >= 0.3 is 0 Å². The molecule has 0 spiro atoms. The Morgan fingerprint density at radius 3 is 2.35 bits per heavy atom. The van der Waals surface area contributed by atoms with Gasteiger partial charge < -0.3 is 23.8 Å². The maximum Gasteiger partial charge on any atom is 0.269 e. The fourth-order valence-electron chi connectivity index (χ4n) is 6.88. The van der Waals surface area contributed by atoms with Crippen LogP contribution in [0.2, 0.25) is 0 Å². The largest absolute Gasteiger partial charge is 0.497 e. The molecule has 3 unspecified atom stereocenters. The highest BCUT2D eigenvalue weighted by molar-refractivity contribution is 7.93. The number of methoxy groups -OCH3 is 3. The first-order valence-corrected chi connectivity index (χ1v) is 19.2. The maximum absolute atomic E-state index is 15.9. The lowest BCUT2D eigenvalue weighted by Gasteiger charge is -2.42. The van der Waals surface area contributed by atoms with Gasteiger partial charge in [-0.3, -0.25) is 4.79 Å². The Balaban J connectivity index is 1.26. The van der Waals surface area contributed by atoms with Crippen LogP contribution < -0.4 is 23.3 Å². The summed E-state index contributed by atoms with van der Waals surface area (Å²) in [5.74, 6) is -2.98. The van der Waals surface area contributed by atoms with E-state index in [0.29, 0.717) is 41.5 Å². The van der Waals surface area contributed by atoms with Crippen LogP contribution in [0.1, 0.15) is 24.5 Å². The fraction of sp³-hybridized carbons (Fsp3) is 0.342. The lowest BCUT2D eigenvalue weighted by molar-refractivity contribution is -0.139. The van der Waals surface area contributed by atoms with Gasteiger partial charge in [-0.05, 0) is 59.7 Å². The number of aromatic nitrogens is 2. The monoisotopic (exact) mass is 784 g/mol. The number of piperidine rings is 1. The normalized spacial score (nSPS) is 20.0. The molecule has 4 aromatic rings. The summed E-state index contributed by atoms with van der Waals surface area (Å²) in [5.41, 5.74) is 1.27. The van der Waals surface area contributed by atoms with Crippen LogP contribution in [0.15, 0.2) is 89.9 Å². The molecule has 54 heavy (non-hydrogen) atoms. The van der Waals surface area contributed by atoms with Gasteiger partial charge in [-0.1, -0.05) is 25.1 Å². The highest BCUT2D eigenvalue weighted by Crippen LogP contribution is 2.40. The molecule has 16 heteroatoms. The Morgan fingerprint density at radius 1 is 0.944 bits per heavy atom. The van der Waals surface area contributed by atoms with Crippen molar-refractivity contribution >= 4 is 32.6 Å². The van der Waals surface area contributed by atoms with Crippen molar-refractivity contribution in [2.75, 3.05) is 38.8 Å². The minimum Gasteiger partial charge on any atom is -0.497 e. The van der Waals surface area contributed by atoms with Crippen molar-refractivity contribution in [3.8, 4) is 23.0 Å². The molecule has 2 aliphatic rings. The third kappa shape index (κ3) is 8.34. The van der Waals surface area contributed by atoms with E-state index in [2.05, 4.69) is 9.36 Å². The number of carbonyl (C=O) groups is 1. The highest BCUT2D eigenvalue weighted by Gasteiger charge is 2.41. The first kappa shape index (κ1) is 38.6. The molecule has 0 bridgehead atoms. The number of likely N-dealkylation sites (tertiary alicyclic amines) is 1. The van der Waals surface area contributed by atoms with Gasteiger partial charge in [0.1, 0.15) is 40.1 Å². The molecule has 4 atom stereocenters. The van der Waals surface area contributed by atoms with Crippen molar-refractivity contribution in [1.82, 2.24) is 14.3 Å². The summed E-state index contributed by atoms with van der Waals surface area (Å²) in [6.45, 7) is 1.94. The van der Waals surface area contributed by atoms with Crippen LogP contribution in [0.3, 0.4) is 0 Å². The molecule has 1 amide bonds. The molecule has 1 aliphatic carbocycles. The van der Waals surface area contributed by atoms with E-state index in [9.17, 15) is 17.6 Å². The van der Waals surface area contributed by atoms with Gasteiger partial charge in [-0.25, -0.2) is 30.9 Å². The van der Waals surface area contributed by atoms with E-state index in [-0.39, 0.29) is 66.7 Å². The quantitative estimate of drug-likeness (QED) is 0.134. The Labute approximate surface area is 315 Å². The number of rotatable bonds is 14. The Bertz CT molecular complexity index is 2130. The van der Waals surface area contributed by atoms with Gasteiger partial charge in [-0.15, -0.1) is 0 Å². The average Bonchev–Trinajstić information content (AvgIpc) is 3.70. The summed E-state index contributed by atoms with van der Waals surface area (Å²) in [4.78, 5) is 18.3. The zero-order valence-corrected chi connectivity index (χ0v) is 31.6. The van der Waals surface area contributed by atoms with E-state index in [1.165, 1.54) is 26.4 Å². The molecule has 2 heterocycles. The molecule has 1 aromatic heterocycles. The number of nitrogens with zero attached hydrogens (tertiary/aromatic N) is 4. The second kappa shape index (κ2) is 16.5. The van der Waals surface area contributed by atoms with E-state index in [1.807, 2.05) is 19.1 Å². The molecule has 3 aromatic carbocycles. The molecule has 1 aliphatic heterocycles. The summed E-state index contributed by atoms with van der Waals surface area (Å²) in [6, 6.07) is 13.4. The van der Waals surface area contributed by atoms with Crippen LogP contribution in [-0.4, -0.2) is 63.1 Å². The molecular weight excluding hydrogens is 746 g/mol. The number of amides is 1. The summed E-state index contributed by atoms with van der Waals surface area (Å²) in [7, 11) is -0.320. The topological polar surface area (TPSA) is 120 Å². The number of sulfonamides is 1. The average molecular weight is 785 g/mol. The zero-order valence-electron chi connectivity index (χ0n) is 29.9. The van der Waals surface area contributed by atoms with Crippen LogP contribution in [0, 0.1) is 35.3 Å². The second-order valence-electron chi connectivity index (χ2n) is 13.0. The minimum atomic E-state index is -4.76. The van der Waals surface area contributed by atoms with Gasteiger partial charge in [0.25, 0.3) is 10.0 Å². The van der Waals surface area contributed by atoms with E-state index < -0.39 is 32.3 Å². The Morgan fingerprint density at radius 2 is 1.69 bits per heavy atom. The summed E-state index contributed by atoms with van der Waals surface area (Å²) in [6.07, 6.45) is 5.91. The van der Waals surface area contributed by atoms with Crippen molar-refractivity contribution in [2.24, 2.45) is 23.7 Å². The molecule has 1 saturated heterocycles. The van der Waals surface area contributed by atoms with E-state index in [4.69, 9.17) is 18.9 Å². The number of hydrogen-bond donors (Lipinski definition) is 0. The van der Waals surface area contributed by atoms with E-state index in [1.54, 1.807) is 48.4 Å². The summed E-state index contributed by atoms with van der Waals surface area (Å²) < 4.78 is 100. The second-order valence-corrected chi connectivity index (χ2v) is 15.6. The third-order valence-corrected chi connectivity index (χ3v) is 12.3. The number of anilines is 1. The van der Waals surface area contributed by atoms with Crippen molar-refractivity contribution < 1.29 is 45.3 Å². The van der Waals surface area contributed by atoms with Crippen LogP contribution in [0.25, 0.3) is 0 Å². The van der Waals surface area contributed by atoms with Crippen molar-refractivity contribution in [3.05, 3.63) is 108 Å². The van der Waals surface area contributed by atoms with E-state index >= 15 is 8.78 Å². The summed E-state index contributed by atoms with van der Waals surface area (Å²) in [5, 5.41) is -0.0780. The van der Waals surface area contributed by atoms with Crippen LogP contribution >= 0.6 is 11.5 Å². The van der Waals surface area contributed by atoms with Gasteiger partial charge in [-0.2, -0.15) is 4.37 Å². The molecule has 0 saturated carbocycles. The molecular formula is C38H39F3N4O7S2. The molecule has 286 valence electrons. The smallest absolute Gasteiger partial charge is 0.269 e. The standard InChI is InChI=1S/C38H39F3N4O7S2/c1-23-13-27(39)8-12-30(23)31-15-37(46)44(18-24-5-9-28(49-2)10-6-24)19-26(31)21-52-35-16-33(41)36(17-32(35)40)54(47,48)45(38-42-22-43-53-38)20-25-7-11-29(50-3)14-34(25)51-4/h5-14,16-17,22-23,26,30-31H,15,18-21H2,1-4H3/t23?,26?,30-,31?/m0/s1. The van der Waals surface area contributed by atoms with Crippen molar-refractivity contribution in [2.45, 2.75) is 31.3 Å². The van der Waals surface area contributed by atoms with E-state index in [0.717, 1.165) is 27.7 Å². The summed E-state index contributed by atoms with van der Waals surface area (Å²) >= 11 is 0.761. The third-order valence-electron chi connectivity index (χ3n) is 9.74. The molecule has 11 nitrogen and oxygen atoms in total. The van der Waals surface area contributed by atoms with Crippen LogP contribution in [0.4, 0.5) is 18.3 Å². The maximum atomic E-state index is 15.9. The number of allylic oxidation sites excluding steroid dienone is 4. The fourth-order valence-corrected chi connectivity index (χ4v) is 9.07. The number of benzene rings is 3. The lowest BCUT2D eigenvalue weighted by atomic mass is 9.70. The number of hydrogen-bond acceptors (Lipinski definition) is 10. The van der Waals surface area contributed by atoms with Crippen LogP contribution in [-0.2, 0) is 27.9 Å². The first-order chi connectivity index (χ1) is 25.9. The van der Waals surface area contributed by atoms with Crippen LogP contribution in [0.5, 0.6) is 23.0 Å². The van der Waals surface area contributed by atoms with Gasteiger partial charge in [0.15, 0.2) is 11.6 Å². The van der Waals surface area contributed by atoms with Gasteiger partial charge in [0, 0.05) is 60.7 Å². The predicted octanol–water partition coefficient (Wildman–Crippen LogP) is 6.96. The predicted molar refractivity (Wildman–Crippen MR) is 196 cm³/mol. The van der Waals surface area contributed by atoms with Crippen molar-refractivity contribution in [3.63, 3.8) is 0 Å². The molecule has 6 rings (SSSR count). The lowest BCUT2D eigenvalue weighted by Crippen LogP contribution is -2.48. The van der Waals surface area contributed by atoms with Gasteiger partial charge in [0.2, 0.25) is 11.0 Å². The highest BCUT2D eigenvalue weighted by atomic mass is 32.2. The van der Waals surface area contributed by atoms with Gasteiger partial charge in [0.05, 0.1) is 34.5 Å². The number of carbonyl (C=O) groups excluding carboxylic acids is 1. The van der Waals surface area contributed by atoms with Crippen molar-refractivity contribution in [1.29, 1.82) is 0 Å². The Hall–Kier alpha value is -5.09. The zero-order chi connectivity index (χ0) is 38.6. The SMILES string of the molecule is COc1ccc(CN2CC(COc3cc(F)c(S(=O)(=O)N(Cc4ccc(OC)cc4OC)c4ncns4)cc3F)C([C@H]3C=CC(F)=CC3C)CC2=O)cc1. The number of halogens is 3. The minimum absolute atomic E-state index is 0.0780.